The summed E-state index contributed by atoms with van der Waals surface area (Å²) in [7, 11) is 0. The summed E-state index contributed by atoms with van der Waals surface area (Å²) in [5.74, 6) is 0. The molecule has 2 N–H and O–H groups in total. The highest BCUT2D eigenvalue weighted by Crippen LogP contribution is 2.08. The molecule has 0 aliphatic carbocycles. The molecule has 0 aliphatic rings. The van der Waals surface area contributed by atoms with Gasteiger partial charge in [0.25, 0.3) is 6.43 Å². The summed E-state index contributed by atoms with van der Waals surface area (Å²) in [6.45, 7) is 1.41. The number of hydrogen-bond donors (Lipinski definition) is 1. The van der Waals surface area contributed by atoms with Gasteiger partial charge in [-0.15, -0.1) is 0 Å². The molecule has 0 fully saturated rings. The largest absolute Gasteiger partial charge is 0.324 e. The number of aromatic nitrogens is 2. The third kappa shape index (κ3) is 2.27. The molecule has 0 aliphatic heterocycles. The van der Waals surface area contributed by atoms with E-state index in [1.165, 1.54) is 17.1 Å². The standard InChI is InChI=1S/C7H11F2N3/c1-5(10)6-2-11-12(3-6)4-7(8)9/h2-3,5,7H,4,10H2,1H3/t5-/m0/s1. The van der Waals surface area contributed by atoms with Crippen LogP contribution < -0.4 is 5.73 Å². The van der Waals surface area contributed by atoms with E-state index in [1.54, 1.807) is 6.92 Å². The van der Waals surface area contributed by atoms with Crippen LogP contribution in [-0.4, -0.2) is 16.2 Å². The van der Waals surface area contributed by atoms with Crippen molar-refractivity contribution in [3.63, 3.8) is 0 Å². The fourth-order valence-electron chi connectivity index (χ4n) is 0.856. The fraction of sp³-hybridized carbons (Fsp3) is 0.571. The first-order valence-corrected chi connectivity index (χ1v) is 3.65. The van der Waals surface area contributed by atoms with Crippen molar-refractivity contribution in [2.24, 2.45) is 5.73 Å². The van der Waals surface area contributed by atoms with Crippen molar-refractivity contribution in [2.45, 2.75) is 25.9 Å². The van der Waals surface area contributed by atoms with Gasteiger partial charge in [-0.3, -0.25) is 4.68 Å². The molecule has 12 heavy (non-hydrogen) atoms. The Morgan fingerprint density at radius 3 is 2.75 bits per heavy atom. The van der Waals surface area contributed by atoms with E-state index in [0.717, 1.165) is 5.56 Å². The quantitative estimate of drug-likeness (QED) is 0.749. The molecule has 1 atom stereocenters. The summed E-state index contributed by atoms with van der Waals surface area (Å²) < 4.78 is 24.9. The molecule has 5 heteroatoms. The normalized spacial score (nSPS) is 13.8. The van der Waals surface area contributed by atoms with Crippen molar-refractivity contribution < 1.29 is 8.78 Å². The molecule has 0 saturated heterocycles. The van der Waals surface area contributed by atoms with Crippen molar-refractivity contribution in [3.8, 4) is 0 Å². The zero-order chi connectivity index (χ0) is 9.14. The number of rotatable bonds is 3. The summed E-state index contributed by atoms with van der Waals surface area (Å²) in [4.78, 5) is 0. The molecule has 1 heterocycles. The maximum atomic E-state index is 11.8. The van der Waals surface area contributed by atoms with Gasteiger partial charge >= 0.3 is 0 Å². The highest BCUT2D eigenvalue weighted by atomic mass is 19.3. The van der Waals surface area contributed by atoms with Crippen LogP contribution in [0.5, 0.6) is 0 Å². The van der Waals surface area contributed by atoms with Gasteiger partial charge in [-0.25, -0.2) is 8.78 Å². The van der Waals surface area contributed by atoms with E-state index in [2.05, 4.69) is 5.10 Å². The average molecular weight is 175 g/mol. The Labute approximate surface area is 69.2 Å². The fourth-order valence-corrected chi connectivity index (χ4v) is 0.856. The Kier molecular flexibility index (Phi) is 2.75. The van der Waals surface area contributed by atoms with Gasteiger partial charge in [0, 0.05) is 17.8 Å². The molecule has 3 nitrogen and oxygen atoms in total. The number of nitrogens with zero attached hydrogens (tertiary/aromatic N) is 2. The van der Waals surface area contributed by atoms with Crippen LogP contribution in [-0.2, 0) is 6.54 Å². The lowest BCUT2D eigenvalue weighted by atomic mass is 10.2. The van der Waals surface area contributed by atoms with Crippen LogP contribution in [0.3, 0.4) is 0 Å². The van der Waals surface area contributed by atoms with E-state index in [9.17, 15) is 8.78 Å². The Balaban J connectivity index is 2.64. The summed E-state index contributed by atoms with van der Waals surface area (Å²) in [6.07, 6.45) is 0.676. The molecule has 1 aromatic rings. The highest BCUT2D eigenvalue weighted by molar-refractivity contribution is 5.08. The summed E-state index contributed by atoms with van der Waals surface area (Å²) in [6, 6.07) is -0.156. The second-order valence-corrected chi connectivity index (χ2v) is 2.68. The highest BCUT2D eigenvalue weighted by Gasteiger charge is 2.07. The van der Waals surface area contributed by atoms with Crippen LogP contribution in [0.4, 0.5) is 8.78 Å². The van der Waals surface area contributed by atoms with Gasteiger partial charge in [-0.05, 0) is 6.92 Å². The van der Waals surface area contributed by atoms with Crippen molar-refractivity contribution in [1.82, 2.24) is 9.78 Å². The van der Waals surface area contributed by atoms with Crippen molar-refractivity contribution >= 4 is 0 Å². The number of nitrogens with two attached hydrogens (primary N) is 1. The van der Waals surface area contributed by atoms with Gasteiger partial charge < -0.3 is 5.73 Å². The lowest BCUT2D eigenvalue weighted by molar-refractivity contribution is 0.122. The molecule has 0 amide bonds. The smallest absolute Gasteiger partial charge is 0.257 e. The summed E-state index contributed by atoms with van der Waals surface area (Å²) in [5, 5.41) is 3.73. The predicted octanol–water partition coefficient (Wildman–Crippen LogP) is 1.17. The molecule has 0 bridgehead atoms. The van der Waals surface area contributed by atoms with E-state index in [-0.39, 0.29) is 12.6 Å². The molecule has 0 unspecified atom stereocenters. The van der Waals surface area contributed by atoms with Crippen LogP contribution in [0.1, 0.15) is 18.5 Å². The summed E-state index contributed by atoms with van der Waals surface area (Å²) >= 11 is 0. The molecule has 0 spiro atoms. The second-order valence-electron chi connectivity index (χ2n) is 2.68. The number of alkyl halides is 2. The molecule has 1 aromatic heterocycles. The maximum absolute atomic E-state index is 11.8. The SMILES string of the molecule is C[C@H](N)c1cnn(CC(F)F)c1. The third-order valence-electron chi connectivity index (χ3n) is 1.50. The van der Waals surface area contributed by atoms with Gasteiger partial charge in [0.05, 0.1) is 6.20 Å². The lowest BCUT2D eigenvalue weighted by Crippen LogP contribution is -2.07. The van der Waals surface area contributed by atoms with Crippen molar-refractivity contribution in [1.29, 1.82) is 0 Å². The first kappa shape index (κ1) is 9.12. The third-order valence-corrected chi connectivity index (χ3v) is 1.50. The molecule has 1 rings (SSSR count). The minimum absolute atomic E-state index is 0.156. The van der Waals surface area contributed by atoms with E-state index in [1.807, 2.05) is 0 Å². The molecule has 0 aromatic carbocycles. The minimum Gasteiger partial charge on any atom is -0.324 e. The maximum Gasteiger partial charge on any atom is 0.257 e. The Morgan fingerprint density at radius 1 is 1.67 bits per heavy atom. The number of hydrogen-bond acceptors (Lipinski definition) is 2. The molecular weight excluding hydrogens is 164 g/mol. The van der Waals surface area contributed by atoms with E-state index in [4.69, 9.17) is 5.73 Å². The van der Waals surface area contributed by atoms with Gasteiger partial charge in [0.2, 0.25) is 0 Å². The monoisotopic (exact) mass is 175 g/mol. The first-order valence-electron chi connectivity index (χ1n) is 3.65. The van der Waals surface area contributed by atoms with Gasteiger partial charge in [0.15, 0.2) is 0 Å². The Hall–Kier alpha value is -0.970. The van der Waals surface area contributed by atoms with Gasteiger partial charge in [0.1, 0.15) is 6.54 Å². The first-order chi connectivity index (χ1) is 5.59. The minimum atomic E-state index is -2.37. The van der Waals surface area contributed by atoms with E-state index >= 15 is 0 Å². The number of halogens is 2. The van der Waals surface area contributed by atoms with Crippen LogP contribution >= 0.6 is 0 Å². The molecule has 68 valence electrons. The molecule has 0 saturated carbocycles. The van der Waals surface area contributed by atoms with Crippen LogP contribution in [0.15, 0.2) is 12.4 Å². The Morgan fingerprint density at radius 2 is 2.33 bits per heavy atom. The average Bonchev–Trinajstić information content (AvgIpc) is 2.34. The Bertz CT molecular complexity index is 245. The molecule has 0 radical (unpaired) electrons. The van der Waals surface area contributed by atoms with E-state index in [0.29, 0.717) is 0 Å². The van der Waals surface area contributed by atoms with Crippen molar-refractivity contribution in [3.05, 3.63) is 18.0 Å². The van der Waals surface area contributed by atoms with E-state index < -0.39 is 6.43 Å². The zero-order valence-corrected chi connectivity index (χ0v) is 6.74. The molecular formula is C7H11F2N3. The van der Waals surface area contributed by atoms with Gasteiger partial charge in [-0.2, -0.15) is 5.10 Å². The second kappa shape index (κ2) is 3.62. The van der Waals surface area contributed by atoms with Crippen LogP contribution in [0.2, 0.25) is 0 Å². The predicted molar refractivity (Wildman–Crippen MR) is 40.8 cm³/mol. The zero-order valence-electron chi connectivity index (χ0n) is 6.74. The summed E-state index contributed by atoms with van der Waals surface area (Å²) in [5.41, 5.74) is 6.29. The lowest BCUT2D eigenvalue weighted by Gasteiger charge is -1.99. The van der Waals surface area contributed by atoms with Crippen LogP contribution in [0, 0.1) is 0 Å². The van der Waals surface area contributed by atoms with Crippen molar-refractivity contribution in [2.75, 3.05) is 0 Å². The van der Waals surface area contributed by atoms with Crippen LogP contribution in [0.25, 0.3) is 0 Å². The van der Waals surface area contributed by atoms with Gasteiger partial charge in [-0.1, -0.05) is 0 Å². The topological polar surface area (TPSA) is 43.8 Å².